The number of carbonyl (C=O) groups excluding carboxylic acids is 1. The maximum atomic E-state index is 12.9. The lowest BCUT2D eigenvalue weighted by molar-refractivity contribution is 0.0706. The van der Waals surface area contributed by atoms with Gasteiger partial charge in [-0.3, -0.25) is 4.79 Å². The lowest BCUT2D eigenvalue weighted by atomic mass is 10.0. The number of benzene rings is 1. The Kier molecular flexibility index (Phi) is 10.5. The van der Waals surface area contributed by atoms with Gasteiger partial charge in [-0.05, 0) is 57.4 Å². The van der Waals surface area contributed by atoms with E-state index in [-0.39, 0.29) is 30.7 Å². The van der Waals surface area contributed by atoms with Gasteiger partial charge in [-0.15, -0.1) is 24.8 Å². The highest BCUT2D eigenvalue weighted by Gasteiger charge is 2.24. The molecule has 1 unspecified atom stereocenters. The zero-order chi connectivity index (χ0) is 17.0. The van der Waals surface area contributed by atoms with Crippen LogP contribution in [0.25, 0.3) is 0 Å². The molecule has 6 heteroatoms. The van der Waals surface area contributed by atoms with Crippen molar-refractivity contribution in [3.8, 4) is 0 Å². The lowest BCUT2D eigenvalue weighted by Gasteiger charge is -2.32. The zero-order valence-electron chi connectivity index (χ0n) is 16.0. The summed E-state index contributed by atoms with van der Waals surface area (Å²) in [4.78, 5) is 14.9. The Balaban J connectivity index is 0.00000288. The summed E-state index contributed by atoms with van der Waals surface area (Å²) < 4.78 is 0. The predicted molar refractivity (Wildman–Crippen MR) is 112 cm³/mol. The van der Waals surface area contributed by atoms with Gasteiger partial charge in [0.25, 0.3) is 5.91 Å². The molecule has 1 amide bonds. The van der Waals surface area contributed by atoms with E-state index in [1.165, 1.54) is 0 Å². The molecule has 1 fully saturated rings. The van der Waals surface area contributed by atoms with E-state index in [2.05, 4.69) is 37.5 Å². The maximum absolute atomic E-state index is 12.9. The van der Waals surface area contributed by atoms with Crippen LogP contribution in [-0.2, 0) is 0 Å². The molecule has 0 aromatic heterocycles. The van der Waals surface area contributed by atoms with E-state index >= 15 is 0 Å². The molecule has 144 valence electrons. The van der Waals surface area contributed by atoms with Crippen LogP contribution in [-0.4, -0.2) is 43.0 Å². The second-order valence-corrected chi connectivity index (χ2v) is 7.01. The van der Waals surface area contributed by atoms with Crippen LogP contribution in [0.4, 0.5) is 5.69 Å². The van der Waals surface area contributed by atoms with E-state index in [4.69, 9.17) is 0 Å². The molecule has 1 aromatic carbocycles. The summed E-state index contributed by atoms with van der Waals surface area (Å²) in [6.07, 6.45) is 2.06. The van der Waals surface area contributed by atoms with Crippen LogP contribution in [0.2, 0.25) is 0 Å². The molecule has 1 aliphatic rings. The minimum Gasteiger partial charge on any atom is -0.382 e. The van der Waals surface area contributed by atoms with Gasteiger partial charge in [-0.2, -0.15) is 0 Å². The monoisotopic (exact) mass is 389 g/mol. The summed E-state index contributed by atoms with van der Waals surface area (Å²) >= 11 is 0. The second-order valence-electron chi connectivity index (χ2n) is 7.01. The quantitative estimate of drug-likeness (QED) is 0.795. The van der Waals surface area contributed by atoms with Gasteiger partial charge >= 0.3 is 0 Å². The molecule has 0 radical (unpaired) electrons. The first kappa shape index (κ1) is 24.0. The predicted octanol–water partition coefficient (Wildman–Crippen LogP) is 4.12. The molecule has 1 aromatic rings. The third-order valence-electron chi connectivity index (χ3n) is 5.14. The van der Waals surface area contributed by atoms with E-state index in [0.29, 0.717) is 18.0 Å². The number of anilines is 1. The number of halogens is 2. The second kappa shape index (κ2) is 10.9. The van der Waals surface area contributed by atoms with Crippen LogP contribution >= 0.6 is 24.8 Å². The number of piperidine rings is 1. The fourth-order valence-corrected chi connectivity index (χ4v) is 2.98. The number of carbonyl (C=O) groups is 1. The maximum Gasteiger partial charge on any atom is 0.254 e. The van der Waals surface area contributed by atoms with Crippen LogP contribution in [0, 0.1) is 12.8 Å². The first-order chi connectivity index (χ1) is 10.9. The average Bonchev–Trinajstić information content (AvgIpc) is 2.56. The number of likely N-dealkylation sites (tertiary alicyclic amines) is 1. The largest absolute Gasteiger partial charge is 0.382 e. The molecule has 1 atom stereocenters. The van der Waals surface area contributed by atoms with Gasteiger partial charge in [0.05, 0.1) is 0 Å². The van der Waals surface area contributed by atoms with Crippen LogP contribution in [0.15, 0.2) is 18.2 Å². The minimum absolute atomic E-state index is 0. The highest BCUT2D eigenvalue weighted by Crippen LogP contribution is 2.23. The minimum atomic E-state index is 0. The SMILES string of the molecule is CNC1CCN(C(=O)c2cccc(NC(C)C(C)C)c2C)CC1.Cl.Cl. The molecule has 0 bridgehead atoms. The van der Waals surface area contributed by atoms with E-state index in [9.17, 15) is 4.79 Å². The molecule has 1 saturated heterocycles. The molecule has 25 heavy (non-hydrogen) atoms. The summed E-state index contributed by atoms with van der Waals surface area (Å²) in [5, 5.41) is 6.85. The Morgan fingerprint density at radius 2 is 1.76 bits per heavy atom. The Morgan fingerprint density at radius 1 is 1.16 bits per heavy atom. The Hall–Kier alpha value is -0.970. The zero-order valence-corrected chi connectivity index (χ0v) is 17.6. The number of amides is 1. The molecule has 1 heterocycles. The van der Waals surface area contributed by atoms with Gasteiger partial charge in [-0.25, -0.2) is 0 Å². The fourth-order valence-electron chi connectivity index (χ4n) is 2.98. The van der Waals surface area contributed by atoms with Crippen LogP contribution in [0.3, 0.4) is 0 Å². The number of nitrogens with zero attached hydrogens (tertiary/aromatic N) is 1. The molecular formula is C19H33Cl2N3O. The first-order valence-electron chi connectivity index (χ1n) is 8.76. The molecule has 0 spiro atoms. The van der Waals surface area contributed by atoms with E-state index in [1.807, 2.05) is 31.0 Å². The van der Waals surface area contributed by atoms with Crippen LogP contribution < -0.4 is 10.6 Å². The summed E-state index contributed by atoms with van der Waals surface area (Å²) in [5.41, 5.74) is 2.96. The van der Waals surface area contributed by atoms with Crippen LogP contribution in [0.1, 0.15) is 49.5 Å². The van der Waals surface area contributed by atoms with Gasteiger partial charge in [0.2, 0.25) is 0 Å². The summed E-state index contributed by atoms with van der Waals surface area (Å²) in [5.74, 6) is 0.715. The van der Waals surface area contributed by atoms with Gasteiger partial charge in [0, 0.05) is 36.4 Å². The molecule has 0 aliphatic carbocycles. The molecule has 4 nitrogen and oxygen atoms in total. The lowest BCUT2D eigenvalue weighted by Crippen LogP contribution is -2.44. The van der Waals surface area contributed by atoms with Crippen molar-refractivity contribution >= 4 is 36.4 Å². The number of hydrogen-bond donors (Lipinski definition) is 2. The van der Waals surface area contributed by atoms with Crippen molar-refractivity contribution in [1.82, 2.24) is 10.2 Å². The van der Waals surface area contributed by atoms with E-state index in [0.717, 1.165) is 42.7 Å². The third-order valence-corrected chi connectivity index (χ3v) is 5.14. The van der Waals surface area contributed by atoms with E-state index in [1.54, 1.807) is 0 Å². The van der Waals surface area contributed by atoms with Crippen molar-refractivity contribution in [1.29, 1.82) is 0 Å². The van der Waals surface area contributed by atoms with Crippen LogP contribution in [0.5, 0.6) is 0 Å². The standard InChI is InChI=1S/C19H31N3O.2ClH/c1-13(2)15(4)21-18-8-6-7-17(14(18)3)19(23)22-11-9-16(20-5)10-12-22;;/h6-8,13,15-16,20-21H,9-12H2,1-5H3;2*1H. The number of nitrogens with one attached hydrogen (secondary N) is 2. The summed E-state index contributed by atoms with van der Waals surface area (Å²) in [6, 6.07) is 6.92. The van der Waals surface area contributed by atoms with Gasteiger partial charge in [0.15, 0.2) is 0 Å². The van der Waals surface area contributed by atoms with Crippen molar-refractivity contribution in [2.24, 2.45) is 5.92 Å². The Labute approximate surface area is 164 Å². The fraction of sp³-hybridized carbons (Fsp3) is 0.632. The van der Waals surface area contributed by atoms with E-state index < -0.39 is 0 Å². The number of rotatable bonds is 5. The molecule has 2 rings (SSSR count). The normalized spacial score (nSPS) is 16.0. The van der Waals surface area contributed by atoms with Gasteiger partial charge in [0.1, 0.15) is 0 Å². The van der Waals surface area contributed by atoms with Crippen molar-refractivity contribution in [2.45, 2.75) is 52.6 Å². The molecular weight excluding hydrogens is 357 g/mol. The van der Waals surface area contributed by atoms with Crippen molar-refractivity contribution in [3.05, 3.63) is 29.3 Å². The topological polar surface area (TPSA) is 44.4 Å². The Morgan fingerprint density at radius 3 is 2.28 bits per heavy atom. The highest BCUT2D eigenvalue weighted by atomic mass is 35.5. The summed E-state index contributed by atoms with van der Waals surface area (Å²) in [6.45, 7) is 10.3. The third kappa shape index (κ3) is 6.05. The Bertz CT molecular complexity index is 543. The first-order valence-corrected chi connectivity index (χ1v) is 8.76. The summed E-state index contributed by atoms with van der Waals surface area (Å²) in [7, 11) is 2.00. The smallest absolute Gasteiger partial charge is 0.254 e. The van der Waals surface area contributed by atoms with Crippen molar-refractivity contribution in [3.63, 3.8) is 0 Å². The van der Waals surface area contributed by atoms with Crippen molar-refractivity contribution in [2.75, 3.05) is 25.5 Å². The highest BCUT2D eigenvalue weighted by molar-refractivity contribution is 5.97. The van der Waals surface area contributed by atoms with Gasteiger partial charge in [-0.1, -0.05) is 19.9 Å². The molecule has 0 saturated carbocycles. The molecule has 2 N–H and O–H groups in total. The van der Waals surface area contributed by atoms with Crippen molar-refractivity contribution < 1.29 is 4.79 Å². The molecule has 1 aliphatic heterocycles. The number of hydrogen-bond acceptors (Lipinski definition) is 3. The average molecular weight is 390 g/mol. The van der Waals surface area contributed by atoms with Gasteiger partial charge < -0.3 is 15.5 Å².